The normalized spacial score (nSPS) is 20.4. The number of sulfonamides is 1. The maximum atomic E-state index is 13.9. The molecule has 13 nitrogen and oxygen atoms in total. The first kappa shape index (κ1) is 33.7. The summed E-state index contributed by atoms with van der Waals surface area (Å²) < 4.78 is 62.7. The quantitative estimate of drug-likeness (QED) is 0.144. The summed E-state index contributed by atoms with van der Waals surface area (Å²) >= 11 is 0. The Hall–Kier alpha value is -3.64. The number of nitrogens with one attached hydrogen (secondary N) is 1. The van der Waals surface area contributed by atoms with Crippen molar-refractivity contribution in [3.05, 3.63) is 60.3 Å². The number of hydrogen-bond acceptors (Lipinski definition) is 11. The highest BCUT2D eigenvalue weighted by Crippen LogP contribution is 2.59. The zero-order valence-corrected chi connectivity index (χ0v) is 26.5. The lowest BCUT2D eigenvalue weighted by Crippen LogP contribution is -2.60. The summed E-state index contributed by atoms with van der Waals surface area (Å²) in [5.74, 6) is -8.18. The summed E-state index contributed by atoms with van der Waals surface area (Å²) in [5, 5.41) is 47.2. The van der Waals surface area contributed by atoms with E-state index in [1.807, 2.05) is 4.72 Å². The summed E-state index contributed by atoms with van der Waals surface area (Å²) in [6, 6.07) is 11.3. The average molecular weight is 664 g/mol. The minimum absolute atomic E-state index is 0.00758. The molecule has 2 fully saturated rings. The van der Waals surface area contributed by atoms with Crippen molar-refractivity contribution in [3.8, 4) is 11.7 Å². The molecule has 17 heteroatoms. The Morgan fingerprint density at radius 3 is 2.35 bits per heavy atom. The van der Waals surface area contributed by atoms with Gasteiger partial charge in [-0.2, -0.15) is 0 Å². The third-order valence-corrected chi connectivity index (χ3v) is 10.5. The fourth-order valence-electron chi connectivity index (χ4n) is 5.78. The number of hydrogen-bond donors (Lipinski definition) is 5. The van der Waals surface area contributed by atoms with Crippen LogP contribution in [0.25, 0.3) is 5.82 Å². The van der Waals surface area contributed by atoms with Crippen molar-refractivity contribution in [2.45, 2.75) is 67.9 Å². The highest BCUT2D eigenvalue weighted by Gasteiger charge is 2.63. The van der Waals surface area contributed by atoms with Crippen LogP contribution in [0.1, 0.15) is 50.4 Å². The van der Waals surface area contributed by atoms with Crippen LogP contribution in [-0.4, -0.2) is 93.4 Å². The Bertz CT molecular complexity index is 1720. The molecule has 5 rings (SSSR count). The topological polar surface area (TPSA) is 187 Å². The molecule has 1 aromatic carbocycles. The highest BCUT2D eigenvalue weighted by atomic mass is 32.2. The summed E-state index contributed by atoms with van der Waals surface area (Å²) in [6.45, 7) is 3.28. The predicted molar refractivity (Wildman–Crippen MR) is 163 cm³/mol. The van der Waals surface area contributed by atoms with Gasteiger partial charge in [-0.3, -0.25) is 4.79 Å². The molecule has 3 aromatic rings. The van der Waals surface area contributed by atoms with Crippen LogP contribution < -0.4 is 14.4 Å². The zero-order valence-electron chi connectivity index (χ0n) is 25.7. The number of alkyl halides is 2. The van der Waals surface area contributed by atoms with E-state index in [1.165, 1.54) is 72.1 Å². The Morgan fingerprint density at radius 2 is 1.78 bits per heavy atom. The number of rotatable bonds is 11. The van der Waals surface area contributed by atoms with Crippen LogP contribution in [0.2, 0.25) is 0 Å². The number of carbonyl (C=O) groups is 1. The third kappa shape index (κ3) is 6.09. The number of anilines is 1. The van der Waals surface area contributed by atoms with Gasteiger partial charge in [-0.25, -0.2) is 31.6 Å². The van der Waals surface area contributed by atoms with Crippen molar-refractivity contribution in [3.63, 3.8) is 0 Å². The van der Waals surface area contributed by atoms with Crippen LogP contribution in [0.5, 0.6) is 5.88 Å². The SMILES string of the molecule is BC(O)(O)[C@@H]1CN(c2nc(-n3ccc(OCCC4(C(C)(F)F)CC4)n3)ccc2C(=O)NS(=O)(=O)c2ccccc2)C(C)(C)C1(O)O. The molecule has 2 aromatic heterocycles. The van der Waals surface area contributed by atoms with E-state index in [0.717, 1.165) is 14.8 Å². The second kappa shape index (κ2) is 11.3. The maximum Gasteiger partial charge on any atom is 0.268 e. The van der Waals surface area contributed by atoms with Crippen LogP contribution in [0.15, 0.2) is 59.6 Å². The van der Waals surface area contributed by atoms with Gasteiger partial charge in [-0.1, -0.05) is 18.2 Å². The molecule has 248 valence electrons. The van der Waals surface area contributed by atoms with Gasteiger partial charge in [0.05, 0.1) is 28.5 Å². The van der Waals surface area contributed by atoms with Crippen LogP contribution in [0, 0.1) is 11.3 Å². The number of pyridine rings is 1. The van der Waals surface area contributed by atoms with E-state index in [1.54, 1.807) is 6.07 Å². The van der Waals surface area contributed by atoms with Gasteiger partial charge in [-0.15, -0.1) is 5.10 Å². The van der Waals surface area contributed by atoms with Gasteiger partial charge in [0.2, 0.25) is 5.88 Å². The molecule has 0 bridgehead atoms. The molecule has 3 heterocycles. The van der Waals surface area contributed by atoms with Gasteiger partial charge in [0.25, 0.3) is 21.9 Å². The van der Waals surface area contributed by atoms with Crippen molar-refractivity contribution >= 4 is 29.6 Å². The Balaban J connectivity index is 1.49. The van der Waals surface area contributed by atoms with E-state index in [2.05, 4.69) is 10.1 Å². The molecule has 1 atom stereocenters. The molecule has 5 N–H and O–H groups in total. The monoisotopic (exact) mass is 663 g/mol. The molecule has 1 saturated heterocycles. The van der Waals surface area contributed by atoms with Gasteiger partial charge in [0.1, 0.15) is 11.5 Å². The number of aromatic nitrogens is 3. The standard InChI is InChI=1S/C29H36BF2N5O8S/c1-25(2)28(39,40)20(29(30,41)42)17-36(25)23-19(24(38)35-46(43,44)18-7-5-4-6-8-18)9-10-21(33-23)37-15-11-22(34-37)45-16-14-27(12-13-27)26(3,31)32/h4-11,15,20,39-42H,12-14,16-17,30H2,1-3H3,(H,35,38)/t20-/m1/s1. The fraction of sp³-hybridized carbons (Fsp3) is 0.483. The summed E-state index contributed by atoms with van der Waals surface area (Å²) in [5.41, 5.74) is -5.61. The number of nitrogens with zero attached hydrogens (tertiary/aromatic N) is 4. The van der Waals surface area contributed by atoms with E-state index in [0.29, 0.717) is 12.8 Å². The van der Waals surface area contributed by atoms with Crippen molar-refractivity contribution in [2.24, 2.45) is 11.3 Å². The number of halogens is 2. The second-order valence-electron chi connectivity index (χ2n) is 12.7. The smallest absolute Gasteiger partial charge is 0.268 e. The van der Waals surface area contributed by atoms with E-state index in [-0.39, 0.29) is 41.0 Å². The molecular weight excluding hydrogens is 627 g/mol. The van der Waals surface area contributed by atoms with Gasteiger partial charge >= 0.3 is 0 Å². The maximum absolute atomic E-state index is 13.9. The van der Waals surface area contributed by atoms with Crippen molar-refractivity contribution in [2.75, 3.05) is 18.1 Å². The molecule has 0 radical (unpaired) electrons. The van der Waals surface area contributed by atoms with Crippen LogP contribution >= 0.6 is 0 Å². The first-order chi connectivity index (χ1) is 21.2. The van der Waals surface area contributed by atoms with Crippen LogP contribution in [-0.2, 0) is 10.0 Å². The van der Waals surface area contributed by atoms with Gasteiger partial charge < -0.3 is 30.1 Å². The van der Waals surface area contributed by atoms with Crippen molar-refractivity contribution in [1.82, 2.24) is 19.5 Å². The zero-order chi connectivity index (χ0) is 33.9. The van der Waals surface area contributed by atoms with Crippen molar-refractivity contribution in [1.29, 1.82) is 0 Å². The van der Waals surface area contributed by atoms with Crippen molar-refractivity contribution < 1.29 is 47.2 Å². The summed E-state index contributed by atoms with van der Waals surface area (Å²) in [4.78, 5) is 19.1. The molecular formula is C29H36BF2N5O8S. The lowest BCUT2D eigenvalue weighted by Gasteiger charge is -2.41. The lowest BCUT2D eigenvalue weighted by atomic mass is 9.75. The fourth-order valence-corrected chi connectivity index (χ4v) is 6.76. The predicted octanol–water partition coefficient (Wildman–Crippen LogP) is 0.757. The van der Waals surface area contributed by atoms with E-state index < -0.39 is 56.7 Å². The summed E-state index contributed by atoms with van der Waals surface area (Å²) in [7, 11) is -3.34. The van der Waals surface area contributed by atoms with Gasteiger partial charge in [0.15, 0.2) is 19.5 Å². The van der Waals surface area contributed by atoms with Gasteiger partial charge in [0, 0.05) is 24.2 Å². The molecule has 0 unspecified atom stereocenters. The Morgan fingerprint density at radius 1 is 1.13 bits per heavy atom. The van der Waals surface area contributed by atoms with E-state index >= 15 is 0 Å². The number of benzene rings is 1. The minimum atomic E-state index is -4.32. The molecule has 1 amide bonds. The molecule has 1 aliphatic heterocycles. The first-order valence-electron chi connectivity index (χ1n) is 14.6. The van der Waals surface area contributed by atoms with Gasteiger partial charge in [-0.05, 0) is 64.3 Å². The first-order valence-corrected chi connectivity index (χ1v) is 16.0. The van der Waals surface area contributed by atoms with Crippen LogP contribution in [0.4, 0.5) is 14.6 Å². The third-order valence-electron chi connectivity index (χ3n) is 9.14. The average Bonchev–Trinajstić information content (AvgIpc) is 3.56. The molecule has 46 heavy (non-hydrogen) atoms. The van der Waals surface area contributed by atoms with Crippen LogP contribution in [0.3, 0.4) is 0 Å². The number of ether oxygens (including phenoxy) is 1. The van der Waals surface area contributed by atoms with E-state index in [9.17, 15) is 42.4 Å². The molecule has 2 aliphatic rings. The number of carbonyl (C=O) groups excluding carboxylic acids is 1. The molecule has 1 aliphatic carbocycles. The number of aliphatic hydroxyl groups is 4. The molecule has 1 saturated carbocycles. The lowest BCUT2D eigenvalue weighted by molar-refractivity contribution is -0.271. The Labute approximate surface area is 265 Å². The Kier molecular flexibility index (Phi) is 8.25. The highest BCUT2D eigenvalue weighted by molar-refractivity contribution is 7.90. The summed E-state index contributed by atoms with van der Waals surface area (Å²) in [6.07, 6.45) is 2.44. The molecule has 0 spiro atoms. The minimum Gasteiger partial charge on any atom is -0.477 e. The largest absolute Gasteiger partial charge is 0.477 e. The second-order valence-corrected chi connectivity index (χ2v) is 14.4. The number of amides is 1. The van der Waals surface area contributed by atoms with E-state index in [4.69, 9.17) is 4.74 Å².